The molecule has 0 aromatic rings. The summed E-state index contributed by atoms with van der Waals surface area (Å²) in [6.07, 6.45) is 1.93. The molecule has 11 heavy (non-hydrogen) atoms. The maximum Gasteiger partial charge on any atom is 0.0693 e. The van der Waals surface area contributed by atoms with E-state index < -0.39 is 0 Å². The first kappa shape index (κ1) is 8.55. The van der Waals surface area contributed by atoms with E-state index in [9.17, 15) is 0 Å². The molecule has 2 N–H and O–H groups in total. The van der Waals surface area contributed by atoms with Gasteiger partial charge in [-0.3, -0.25) is 0 Å². The number of nitrogens with two attached hydrogens (primary N) is 1. The van der Waals surface area contributed by atoms with Gasteiger partial charge in [-0.2, -0.15) is 5.26 Å². The van der Waals surface area contributed by atoms with Crippen LogP contribution in [0, 0.1) is 22.2 Å². The van der Waals surface area contributed by atoms with Crippen LogP contribution in [0.1, 0.15) is 33.6 Å². The Morgan fingerprint density at radius 3 is 2.18 bits per heavy atom. The SMILES string of the molecule is CC1(C)[C@@H](N)CC[C@@]1(C)C#N. The molecule has 1 aliphatic carbocycles. The van der Waals surface area contributed by atoms with Gasteiger partial charge in [0.05, 0.1) is 11.5 Å². The van der Waals surface area contributed by atoms with Crippen molar-refractivity contribution in [3.63, 3.8) is 0 Å². The summed E-state index contributed by atoms with van der Waals surface area (Å²) in [5, 5.41) is 8.97. The third-order valence-electron chi connectivity index (χ3n) is 3.55. The minimum absolute atomic E-state index is 0.0260. The molecule has 1 fully saturated rings. The molecule has 2 nitrogen and oxygen atoms in total. The Hall–Kier alpha value is -0.550. The first-order chi connectivity index (χ1) is 4.94. The fourth-order valence-corrected chi connectivity index (χ4v) is 1.74. The lowest BCUT2D eigenvalue weighted by molar-refractivity contribution is 0.180. The number of nitriles is 1. The maximum absolute atomic E-state index is 8.97. The second kappa shape index (κ2) is 2.22. The highest BCUT2D eigenvalue weighted by Crippen LogP contribution is 2.50. The summed E-state index contributed by atoms with van der Waals surface area (Å²) in [4.78, 5) is 0. The molecule has 0 aromatic carbocycles. The third kappa shape index (κ3) is 0.954. The Kier molecular flexibility index (Phi) is 1.72. The van der Waals surface area contributed by atoms with Crippen LogP contribution in [-0.4, -0.2) is 6.04 Å². The summed E-state index contributed by atoms with van der Waals surface area (Å²) < 4.78 is 0. The topological polar surface area (TPSA) is 49.8 Å². The van der Waals surface area contributed by atoms with Gasteiger partial charge < -0.3 is 5.73 Å². The van der Waals surface area contributed by atoms with Crippen LogP contribution in [0.4, 0.5) is 0 Å². The zero-order valence-electron chi connectivity index (χ0n) is 7.52. The highest BCUT2D eigenvalue weighted by Gasteiger charge is 2.50. The molecular weight excluding hydrogens is 136 g/mol. The van der Waals surface area contributed by atoms with Gasteiger partial charge in [0.1, 0.15) is 0 Å². The van der Waals surface area contributed by atoms with Crippen molar-refractivity contribution in [3.05, 3.63) is 0 Å². The van der Waals surface area contributed by atoms with Crippen molar-refractivity contribution >= 4 is 0 Å². The van der Waals surface area contributed by atoms with E-state index in [4.69, 9.17) is 11.0 Å². The van der Waals surface area contributed by atoms with Crippen molar-refractivity contribution in [1.29, 1.82) is 5.26 Å². The fraction of sp³-hybridized carbons (Fsp3) is 0.889. The van der Waals surface area contributed by atoms with Crippen molar-refractivity contribution in [1.82, 2.24) is 0 Å². The minimum atomic E-state index is -0.216. The molecule has 0 saturated heterocycles. The Morgan fingerprint density at radius 1 is 1.45 bits per heavy atom. The van der Waals surface area contributed by atoms with Crippen LogP contribution in [0.15, 0.2) is 0 Å². The molecular formula is C9H16N2. The average Bonchev–Trinajstić information content (AvgIpc) is 2.15. The van der Waals surface area contributed by atoms with Crippen molar-refractivity contribution in [2.75, 3.05) is 0 Å². The molecule has 0 bridgehead atoms. The van der Waals surface area contributed by atoms with Gasteiger partial charge in [-0.1, -0.05) is 13.8 Å². The van der Waals surface area contributed by atoms with Crippen molar-refractivity contribution < 1.29 is 0 Å². The molecule has 0 spiro atoms. The van der Waals surface area contributed by atoms with Gasteiger partial charge in [-0.15, -0.1) is 0 Å². The molecule has 0 aliphatic heterocycles. The normalized spacial score (nSPS) is 41.9. The van der Waals surface area contributed by atoms with Gasteiger partial charge in [0.2, 0.25) is 0 Å². The smallest absolute Gasteiger partial charge is 0.0693 e. The van der Waals surface area contributed by atoms with Crippen molar-refractivity contribution in [2.45, 2.75) is 39.7 Å². The summed E-state index contributed by atoms with van der Waals surface area (Å²) in [7, 11) is 0. The number of rotatable bonds is 0. The lowest BCUT2D eigenvalue weighted by atomic mass is 9.69. The van der Waals surface area contributed by atoms with Gasteiger partial charge in [-0.25, -0.2) is 0 Å². The third-order valence-corrected chi connectivity index (χ3v) is 3.55. The van der Waals surface area contributed by atoms with Gasteiger partial charge in [0.15, 0.2) is 0 Å². The molecule has 1 saturated carbocycles. The van der Waals surface area contributed by atoms with Gasteiger partial charge in [0, 0.05) is 6.04 Å². The van der Waals surface area contributed by atoms with Crippen LogP contribution < -0.4 is 5.73 Å². The van der Waals surface area contributed by atoms with E-state index in [1.165, 1.54) is 0 Å². The molecule has 2 atom stereocenters. The Bertz CT molecular complexity index is 202. The van der Waals surface area contributed by atoms with Crippen LogP contribution in [0.3, 0.4) is 0 Å². The molecule has 0 radical (unpaired) electrons. The molecule has 0 heterocycles. The van der Waals surface area contributed by atoms with Gasteiger partial charge >= 0.3 is 0 Å². The fourth-order valence-electron chi connectivity index (χ4n) is 1.74. The summed E-state index contributed by atoms with van der Waals surface area (Å²) in [6.45, 7) is 6.20. The van der Waals surface area contributed by atoms with E-state index in [2.05, 4.69) is 19.9 Å². The standard InChI is InChI=1S/C9H16N2/c1-8(2)7(11)4-5-9(8,3)6-10/h7H,4-5,11H2,1-3H3/t7-,9-/m0/s1. The van der Waals surface area contributed by atoms with Crippen LogP contribution in [0.25, 0.3) is 0 Å². The number of hydrogen-bond acceptors (Lipinski definition) is 2. The predicted molar refractivity (Wildman–Crippen MR) is 44.7 cm³/mol. The summed E-state index contributed by atoms with van der Waals surface area (Å²) in [6, 6.07) is 2.57. The summed E-state index contributed by atoms with van der Waals surface area (Å²) in [5.74, 6) is 0. The van der Waals surface area contributed by atoms with Gasteiger partial charge in [-0.05, 0) is 25.2 Å². The Balaban J connectivity index is 2.97. The molecule has 1 rings (SSSR count). The Labute approximate surface area is 68.4 Å². The van der Waals surface area contributed by atoms with Crippen LogP contribution in [0.2, 0.25) is 0 Å². The lowest BCUT2D eigenvalue weighted by Gasteiger charge is -2.34. The van der Waals surface area contributed by atoms with E-state index in [0.29, 0.717) is 0 Å². The summed E-state index contributed by atoms with van der Waals surface area (Å²) in [5.41, 5.74) is 5.67. The predicted octanol–water partition coefficient (Wildman–Crippen LogP) is 1.66. The van der Waals surface area contributed by atoms with Crippen LogP contribution in [-0.2, 0) is 0 Å². The highest BCUT2D eigenvalue weighted by atomic mass is 14.7. The maximum atomic E-state index is 8.97. The zero-order chi connectivity index (χ0) is 8.70. The molecule has 0 unspecified atom stereocenters. The second-order valence-electron chi connectivity index (χ2n) is 4.31. The van der Waals surface area contributed by atoms with Crippen LogP contribution >= 0.6 is 0 Å². The highest BCUT2D eigenvalue weighted by molar-refractivity contribution is 5.12. The second-order valence-corrected chi connectivity index (χ2v) is 4.31. The van der Waals surface area contributed by atoms with E-state index >= 15 is 0 Å². The monoisotopic (exact) mass is 152 g/mol. The van der Waals surface area contributed by atoms with E-state index in [1.54, 1.807) is 0 Å². The van der Waals surface area contributed by atoms with Crippen molar-refractivity contribution in [3.8, 4) is 6.07 Å². The molecule has 62 valence electrons. The Morgan fingerprint density at radius 2 is 2.00 bits per heavy atom. The zero-order valence-corrected chi connectivity index (χ0v) is 7.52. The number of hydrogen-bond donors (Lipinski definition) is 1. The average molecular weight is 152 g/mol. The quantitative estimate of drug-likeness (QED) is 0.574. The van der Waals surface area contributed by atoms with Crippen molar-refractivity contribution in [2.24, 2.45) is 16.6 Å². The van der Waals surface area contributed by atoms with E-state index in [1.807, 2.05) is 6.92 Å². The molecule has 2 heteroatoms. The van der Waals surface area contributed by atoms with E-state index in [0.717, 1.165) is 12.8 Å². The molecule has 0 aromatic heterocycles. The molecule has 0 amide bonds. The van der Waals surface area contributed by atoms with E-state index in [-0.39, 0.29) is 16.9 Å². The van der Waals surface area contributed by atoms with Crippen LogP contribution in [0.5, 0.6) is 0 Å². The first-order valence-corrected chi connectivity index (χ1v) is 4.11. The lowest BCUT2D eigenvalue weighted by Crippen LogP contribution is -2.40. The minimum Gasteiger partial charge on any atom is -0.327 e. The largest absolute Gasteiger partial charge is 0.327 e. The number of nitrogens with zero attached hydrogens (tertiary/aromatic N) is 1. The molecule has 1 aliphatic rings. The first-order valence-electron chi connectivity index (χ1n) is 4.11. The summed E-state index contributed by atoms with van der Waals surface area (Å²) >= 11 is 0. The van der Waals surface area contributed by atoms with Gasteiger partial charge in [0.25, 0.3) is 0 Å².